The Bertz CT molecular complexity index is 908. The minimum Gasteiger partial charge on any atom is -0.493 e. The van der Waals surface area contributed by atoms with Gasteiger partial charge in [0.1, 0.15) is 5.75 Å². The Balaban J connectivity index is 1.64. The van der Waals surface area contributed by atoms with Crippen LogP contribution in [0.3, 0.4) is 0 Å². The summed E-state index contributed by atoms with van der Waals surface area (Å²) in [6, 6.07) is 15.1. The van der Waals surface area contributed by atoms with Gasteiger partial charge in [0.25, 0.3) is 0 Å². The Morgan fingerprint density at radius 1 is 0.920 bits per heavy atom. The van der Waals surface area contributed by atoms with E-state index in [4.69, 9.17) is 4.74 Å². The third kappa shape index (κ3) is 2.83. The highest BCUT2D eigenvalue weighted by Gasteiger charge is 2.23. The predicted octanol–water partition coefficient (Wildman–Crippen LogP) is 4.31. The molecule has 0 radical (unpaired) electrons. The molecule has 1 fully saturated rings. The molecule has 3 heteroatoms. The fourth-order valence-corrected chi connectivity index (χ4v) is 3.94. The zero-order chi connectivity index (χ0) is 16.6. The van der Waals surface area contributed by atoms with E-state index in [1.165, 1.54) is 46.1 Å². The first kappa shape index (κ1) is 15.0. The van der Waals surface area contributed by atoms with Gasteiger partial charge in [0.15, 0.2) is 0 Å². The van der Waals surface area contributed by atoms with Crippen LogP contribution >= 0.6 is 0 Å². The van der Waals surface area contributed by atoms with Crippen LogP contribution in [0, 0.1) is 5.92 Å². The van der Waals surface area contributed by atoms with Crippen molar-refractivity contribution in [2.45, 2.75) is 25.7 Å². The monoisotopic (exact) mass is 332 g/mol. The molecule has 0 unspecified atom stereocenters. The number of ether oxygens (including phenoxy) is 1. The van der Waals surface area contributed by atoms with E-state index in [-0.39, 0.29) is 0 Å². The molecule has 2 heterocycles. The van der Waals surface area contributed by atoms with Crippen LogP contribution in [0.5, 0.6) is 5.75 Å². The maximum Gasteiger partial charge on any atom is 0.127 e. The molecule has 3 aromatic rings. The second-order valence-corrected chi connectivity index (χ2v) is 7.31. The molecule has 0 amide bonds. The van der Waals surface area contributed by atoms with Crippen LogP contribution < -0.4 is 10.1 Å². The van der Waals surface area contributed by atoms with Gasteiger partial charge >= 0.3 is 0 Å². The molecule has 2 aliphatic rings. The molecule has 3 nitrogen and oxygen atoms in total. The van der Waals surface area contributed by atoms with Gasteiger partial charge in [-0.2, -0.15) is 0 Å². The first-order valence-electron chi connectivity index (χ1n) is 9.45. The van der Waals surface area contributed by atoms with Gasteiger partial charge < -0.3 is 15.0 Å². The summed E-state index contributed by atoms with van der Waals surface area (Å²) < 4.78 is 6.19. The Kier molecular flexibility index (Phi) is 3.75. The molecule has 0 bridgehead atoms. The number of para-hydroxylation sites is 1. The smallest absolute Gasteiger partial charge is 0.127 e. The van der Waals surface area contributed by atoms with Crippen molar-refractivity contribution in [3.05, 3.63) is 53.7 Å². The van der Waals surface area contributed by atoms with Crippen molar-refractivity contribution in [2.24, 2.45) is 5.92 Å². The number of aromatic amines is 1. The Labute approximate surface area is 148 Å². The molecule has 1 aliphatic heterocycles. The number of aromatic nitrogens is 1. The van der Waals surface area contributed by atoms with Crippen LogP contribution in [0.25, 0.3) is 22.0 Å². The summed E-state index contributed by atoms with van der Waals surface area (Å²) in [6.07, 6.45) is 4.78. The summed E-state index contributed by atoms with van der Waals surface area (Å²) in [4.78, 5) is 3.67. The molecular weight excluding hydrogens is 308 g/mol. The van der Waals surface area contributed by atoms with Crippen molar-refractivity contribution in [3.63, 3.8) is 0 Å². The Morgan fingerprint density at radius 3 is 2.68 bits per heavy atom. The van der Waals surface area contributed by atoms with Crippen LogP contribution in [0.2, 0.25) is 0 Å². The molecule has 0 atom stereocenters. The molecule has 25 heavy (non-hydrogen) atoms. The van der Waals surface area contributed by atoms with Crippen molar-refractivity contribution in [1.82, 2.24) is 10.3 Å². The summed E-state index contributed by atoms with van der Waals surface area (Å²) in [6.45, 7) is 2.95. The molecule has 2 aromatic carbocycles. The van der Waals surface area contributed by atoms with E-state index < -0.39 is 0 Å². The van der Waals surface area contributed by atoms with E-state index in [1.807, 2.05) is 0 Å². The molecule has 2 N–H and O–H groups in total. The fraction of sp³-hybridized carbons (Fsp3) is 0.364. The highest BCUT2D eigenvalue weighted by atomic mass is 16.5. The average molecular weight is 332 g/mol. The summed E-state index contributed by atoms with van der Waals surface area (Å²) in [5.41, 5.74) is 6.63. The molecule has 128 valence electrons. The van der Waals surface area contributed by atoms with E-state index in [0.717, 1.165) is 44.2 Å². The molecule has 0 spiro atoms. The number of fused-ring (bicyclic) bond motifs is 3. The number of hydrogen-bond donors (Lipinski definition) is 2. The third-order valence-electron chi connectivity index (χ3n) is 5.47. The van der Waals surface area contributed by atoms with Crippen LogP contribution in [-0.2, 0) is 12.8 Å². The highest BCUT2D eigenvalue weighted by molar-refractivity contribution is 5.99. The topological polar surface area (TPSA) is 37.0 Å². The summed E-state index contributed by atoms with van der Waals surface area (Å²) in [7, 11) is 0. The van der Waals surface area contributed by atoms with Crippen molar-refractivity contribution < 1.29 is 4.74 Å². The van der Waals surface area contributed by atoms with Gasteiger partial charge in [0, 0.05) is 35.1 Å². The minimum absolute atomic E-state index is 0.762. The van der Waals surface area contributed by atoms with E-state index in [0.29, 0.717) is 0 Å². The van der Waals surface area contributed by atoms with Crippen molar-refractivity contribution in [1.29, 1.82) is 0 Å². The molecule has 0 saturated heterocycles. The molecule has 5 rings (SSSR count). The molecular formula is C22H24N2O. The second kappa shape index (κ2) is 6.23. The van der Waals surface area contributed by atoms with Gasteiger partial charge in [-0.3, -0.25) is 0 Å². The lowest BCUT2D eigenvalue weighted by atomic mass is 9.96. The SMILES string of the molecule is c1ccc(-c2cccc3[nH]c4c(c23)CCNCC4)c(OCC2CC2)c1. The number of H-pyrrole nitrogens is 1. The molecule has 1 aliphatic carbocycles. The van der Waals surface area contributed by atoms with Gasteiger partial charge in [0.2, 0.25) is 0 Å². The van der Waals surface area contributed by atoms with Crippen molar-refractivity contribution in [3.8, 4) is 16.9 Å². The molecule has 1 aromatic heterocycles. The van der Waals surface area contributed by atoms with Gasteiger partial charge in [-0.1, -0.05) is 30.3 Å². The van der Waals surface area contributed by atoms with Gasteiger partial charge in [-0.05, 0) is 55.0 Å². The lowest BCUT2D eigenvalue weighted by Gasteiger charge is -2.13. The zero-order valence-corrected chi connectivity index (χ0v) is 14.5. The predicted molar refractivity (Wildman–Crippen MR) is 102 cm³/mol. The van der Waals surface area contributed by atoms with Gasteiger partial charge in [0.05, 0.1) is 6.61 Å². The summed E-state index contributed by atoms with van der Waals surface area (Å²) in [5.74, 6) is 1.78. The van der Waals surface area contributed by atoms with E-state index in [9.17, 15) is 0 Å². The first-order valence-corrected chi connectivity index (χ1v) is 9.45. The van der Waals surface area contributed by atoms with Crippen LogP contribution in [0.4, 0.5) is 0 Å². The minimum atomic E-state index is 0.762. The summed E-state index contributed by atoms with van der Waals surface area (Å²) >= 11 is 0. The van der Waals surface area contributed by atoms with Crippen LogP contribution in [0.1, 0.15) is 24.1 Å². The number of nitrogens with one attached hydrogen (secondary N) is 2. The average Bonchev–Trinajstić information content (AvgIpc) is 3.44. The standard InChI is InChI=1S/C22H24N2O/c1-2-7-21(25-14-15-8-9-15)16(4-1)17-5-3-6-20-22(17)18-10-12-23-13-11-19(18)24-20/h1-7,15,23-24H,8-14H2. The Hall–Kier alpha value is -2.26. The van der Waals surface area contributed by atoms with Crippen LogP contribution in [0.15, 0.2) is 42.5 Å². The number of rotatable bonds is 4. The van der Waals surface area contributed by atoms with Crippen molar-refractivity contribution >= 4 is 10.9 Å². The lowest BCUT2D eigenvalue weighted by Crippen LogP contribution is -2.16. The number of benzene rings is 2. The first-order chi connectivity index (χ1) is 12.4. The van der Waals surface area contributed by atoms with Crippen molar-refractivity contribution in [2.75, 3.05) is 19.7 Å². The zero-order valence-electron chi connectivity index (χ0n) is 14.5. The number of hydrogen-bond acceptors (Lipinski definition) is 2. The van der Waals surface area contributed by atoms with Crippen LogP contribution in [-0.4, -0.2) is 24.7 Å². The largest absolute Gasteiger partial charge is 0.493 e. The second-order valence-electron chi connectivity index (χ2n) is 7.31. The quantitative estimate of drug-likeness (QED) is 0.747. The van der Waals surface area contributed by atoms with E-state index >= 15 is 0 Å². The lowest BCUT2D eigenvalue weighted by molar-refractivity contribution is 0.301. The summed E-state index contributed by atoms with van der Waals surface area (Å²) in [5, 5.41) is 4.89. The highest BCUT2D eigenvalue weighted by Crippen LogP contribution is 2.39. The maximum atomic E-state index is 6.19. The van der Waals surface area contributed by atoms with Gasteiger partial charge in [-0.15, -0.1) is 0 Å². The van der Waals surface area contributed by atoms with E-state index in [1.54, 1.807) is 0 Å². The normalized spacial score (nSPS) is 17.3. The van der Waals surface area contributed by atoms with Gasteiger partial charge in [-0.25, -0.2) is 0 Å². The third-order valence-corrected chi connectivity index (χ3v) is 5.47. The van der Waals surface area contributed by atoms with E-state index in [2.05, 4.69) is 52.8 Å². The molecule has 1 saturated carbocycles. The maximum absolute atomic E-state index is 6.19. The Morgan fingerprint density at radius 2 is 1.76 bits per heavy atom. The fourth-order valence-electron chi connectivity index (χ4n) is 3.94.